The Morgan fingerprint density at radius 1 is 1.00 bits per heavy atom. The minimum atomic E-state index is 0.453. The Hall–Kier alpha value is -0.0800. The summed E-state index contributed by atoms with van der Waals surface area (Å²) < 4.78 is 0. The van der Waals surface area contributed by atoms with Crippen LogP contribution in [0.2, 0.25) is 0 Å². The Morgan fingerprint density at radius 3 is 2.24 bits per heavy atom. The molecule has 100 valence electrons. The van der Waals surface area contributed by atoms with Crippen molar-refractivity contribution in [2.45, 2.75) is 70.3 Å². The fraction of sp³-hybridized carbons (Fsp3) is 1.00. The van der Waals surface area contributed by atoms with E-state index in [1.165, 1.54) is 70.9 Å². The van der Waals surface area contributed by atoms with Crippen LogP contribution >= 0.6 is 0 Å². The van der Waals surface area contributed by atoms with Gasteiger partial charge in [0, 0.05) is 12.1 Å². The summed E-state index contributed by atoms with van der Waals surface area (Å²) in [5, 5.41) is 7.31. The first-order chi connectivity index (χ1) is 8.24. The molecule has 0 aliphatic heterocycles. The molecule has 0 spiro atoms. The maximum atomic E-state index is 3.71. The third kappa shape index (κ3) is 3.45. The Balaban J connectivity index is 1.66. The van der Waals surface area contributed by atoms with E-state index in [0.717, 1.165) is 0 Å². The molecule has 0 amide bonds. The highest BCUT2D eigenvalue weighted by atomic mass is 15.0. The zero-order chi connectivity index (χ0) is 12.2. The van der Waals surface area contributed by atoms with E-state index in [0.29, 0.717) is 11.0 Å². The Bertz CT molecular complexity index is 227. The molecule has 2 aliphatic rings. The zero-order valence-corrected chi connectivity index (χ0v) is 11.8. The summed E-state index contributed by atoms with van der Waals surface area (Å²) in [6.45, 7) is 4.79. The zero-order valence-electron chi connectivity index (χ0n) is 11.8. The second-order valence-corrected chi connectivity index (χ2v) is 6.37. The lowest BCUT2D eigenvalue weighted by atomic mass is 9.79. The molecule has 0 atom stereocenters. The van der Waals surface area contributed by atoms with Crippen molar-refractivity contribution in [3.8, 4) is 0 Å². The molecule has 0 bridgehead atoms. The van der Waals surface area contributed by atoms with Gasteiger partial charge in [-0.2, -0.15) is 0 Å². The van der Waals surface area contributed by atoms with Crippen LogP contribution in [-0.2, 0) is 0 Å². The normalized spacial score (nSPS) is 25.8. The van der Waals surface area contributed by atoms with Crippen LogP contribution in [0.4, 0.5) is 0 Å². The van der Waals surface area contributed by atoms with Crippen molar-refractivity contribution < 1.29 is 0 Å². The van der Waals surface area contributed by atoms with Gasteiger partial charge in [-0.05, 0) is 57.5 Å². The molecule has 2 aliphatic carbocycles. The van der Waals surface area contributed by atoms with Crippen LogP contribution in [0.5, 0.6) is 0 Å². The van der Waals surface area contributed by atoms with E-state index in [4.69, 9.17) is 0 Å². The lowest BCUT2D eigenvalue weighted by Crippen LogP contribution is -2.46. The van der Waals surface area contributed by atoms with Crippen LogP contribution in [-0.4, -0.2) is 25.7 Å². The van der Waals surface area contributed by atoms with Crippen LogP contribution in [0.1, 0.15) is 64.7 Å². The predicted molar refractivity (Wildman–Crippen MR) is 74.3 cm³/mol. The van der Waals surface area contributed by atoms with Crippen molar-refractivity contribution in [1.29, 1.82) is 0 Å². The second-order valence-electron chi connectivity index (χ2n) is 6.37. The molecule has 0 unspecified atom stereocenters. The SMILES string of the molecule is CCC1(CNCCC2(NC)CCCCC2)CC1. The van der Waals surface area contributed by atoms with Crippen molar-refractivity contribution >= 4 is 0 Å². The first-order valence-corrected chi connectivity index (χ1v) is 7.64. The molecule has 2 rings (SSSR count). The summed E-state index contributed by atoms with van der Waals surface area (Å²) in [6.07, 6.45) is 12.6. The fourth-order valence-electron chi connectivity index (χ4n) is 3.37. The van der Waals surface area contributed by atoms with Crippen molar-refractivity contribution in [3.05, 3.63) is 0 Å². The molecule has 0 aromatic carbocycles. The molecular weight excluding hydrogens is 208 g/mol. The highest BCUT2D eigenvalue weighted by molar-refractivity contribution is 4.94. The van der Waals surface area contributed by atoms with Crippen molar-refractivity contribution in [2.75, 3.05) is 20.1 Å². The summed E-state index contributed by atoms with van der Waals surface area (Å²) in [4.78, 5) is 0. The smallest absolute Gasteiger partial charge is 0.0190 e. The third-order valence-corrected chi connectivity index (χ3v) is 5.33. The van der Waals surface area contributed by atoms with E-state index in [-0.39, 0.29) is 0 Å². The second kappa shape index (κ2) is 5.71. The first-order valence-electron chi connectivity index (χ1n) is 7.64. The van der Waals surface area contributed by atoms with E-state index >= 15 is 0 Å². The van der Waals surface area contributed by atoms with Crippen LogP contribution in [0.15, 0.2) is 0 Å². The summed E-state index contributed by atoms with van der Waals surface area (Å²) in [5.74, 6) is 0. The molecule has 17 heavy (non-hydrogen) atoms. The van der Waals surface area contributed by atoms with Gasteiger partial charge in [0.25, 0.3) is 0 Å². The van der Waals surface area contributed by atoms with Crippen LogP contribution in [0.3, 0.4) is 0 Å². The van der Waals surface area contributed by atoms with E-state index in [9.17, 15) is 0 Å². The van der Waals surface area contributed by atoms with E-state index in [2.05, 4.69) is 24.6 Å². The Kier molecular flexibility index (Phi) is 4.48. The minimum Gasteiger partial charge on any atom is -0.316 e. The number of nitrogens with one attached hydrogen (secondary N) is 2. The van der Waals surface area contributed by atoms with Gasteiger partial charge in [-0.25, -0.2) is 0 Å². The highest BCUT2D eigenvalue weighted by Crippen LogP contribution is 2.47. The minimum absolute atomic E-state index is 0.453. The molecule has 2 saturated carbocycles. The third-order valence-electron chi connectivity index (χ3n) is 5.33. The maximum Gasteiger partial charge on any atom is 0.0190 e. The van der Waals surface area contributed by atoms with Gasteiger partial charge in [0.1, 0.15) is 0 Å². The van der Waals surface area contributed by atoms with Crippen molar-refractivity contribution in [3.63, 3.8) is 0 Å². The molecule has 2 nitrogen and oxygen atoms in total. The first kappa shape index (κ1) is 13.4. The van der Waals surface area contributed by atoms with E-state index in [1.807, 2.05) is 0 Å². The van der Waals surface area contributed by atoms with Gasteiger partial charge in [-0.1, -0.05) is 26.2 Å². The molecule has 2 N–H and O–H groups in total. The fourth-order valence-corrected chi connectivity index (χ4v) is 3.37. The van der Waals surface area contributed by atoms with Gasteiger partial charge < -0.3 is 10.6 Å². The number of rotatable bonds is 7. The van der Waals surface area contributed by atoms with Crippen LogP contribution in [0.25, 0.3) is 0 Å². The topological polar surface area (TPSA) is 24.1 Å². The Morgan fingerprint density at radius 2 is 1.71 bits per heavy atom. The quantitative estimate of drug-likeness (QED) is 0.666. The maximum absolute atomic E-state index is 3.71. The van der Waals surface area contributed by atoms with Crippen molar-refractivity contribution in [2.24, 2.45) is 5.41 Å². The van der Waals surface area contributed by atoms with Gasteiger partial charge in [-0.3, -0.25) is 0 Å². The molecule has 2 fully saturated rings. The number of hydrogen-bond donors (Lipinski definition) is 2. The number of hydrogen-bond acceptors (Lipinski definition) is 2. The molecule has 2 heteroatoms. The molecule has 0 aromatic heterocycles. The molecular formula is C15H30N2. The average Bonchev–Trinajstić information content (AvgIpc) is 3.17. The Labute approximate surface area is 107 Å². The van der Waals surface area contributed by atoms with Gasteiger partial charge in [0.2, 0.25) is 0 Å². The monoisotopic (exact) mass is 238 g/mol. The molecule has 0 aromatic rings. The van der Waals surface area contributed by atoms with Gasteiger partial charge in [-0.15, -0.1) is 0 Å². The van der Waals surface area contributed by atoms with Gasteiger partial charge >= 0.3 is 0 Å². The molecule has 0 saturated heterocycles. The summed E-state index contributed by atoms with van der Waals surface area (Å²) >= 11 is 0. The standard InChI is InChI=1S/C15H30N2/c1-3-14(9-10-14)13-17-12-11-15(16-2)7-5-4-6-8-15/h16-17H,3-13H2,1-2H3. The van der Waals surface area contributed by atoms with Gasteiger partial charge in [0.15, 0.2) is 0 Å². The average molecular weight is 238 g/mol. The van der Waals surface area contributed by atoms with Crippen LogP contribution < -0.4 is 10.6 Å². The van der Waals surface area contributed by atoms with Crippen molar-refractivity contribution in [1.82, 2.24) is 10.6 Å². The van der Waals surface area contributed by atoms with E-state index in [1.54, 1.807) is 0 Å². The summed E-state index contributed by atoms with van der Waals surface area (Å²) in [7, 11) is 2.15. The summed E-state index contributed by atoms with van der Waals surface area (Å²) in [6, 6.07) is 0. The predicted octanol–water partition coefficient (Wildman–Crippen LogP) is 3.08. The van der Waals surface area contributed by atoms with E-state index < -0.39 is 0 Å². The largest absolute Gasteiger partial charge is 0.316 e. The lowest BCUT2D eigenvalue weighted by Gasteiger charge is -2.37. The summed E-state index contributed by atoms with van der Waals surface area (Å²) in [5.41, 5.74) is 1.15. The highest BCUT2D eigenvalue weighted by Gasteiger charge is 2.40. The molecule has 0 heterocycles. The van der Waals surface area contributed by atoms with Gasteiger partial charge in [0.05, 0.1) is 0 Å². The molecule has 0 radical (unpaired) electrons. The van der Waals surface area contributed by atoms with Crippen LogP contribution in [0, 0.1) is 5.41 Å². The lowest BCUT2D eigenvalue weighted by molar-refractivity contribution is 0.226.